The topological polar surface area (TPSA) is 66.9 Å². The zero-order valence-electron chi connectivity index (χ0n) is 5.00. The minimum Gasteiger partial charge on any atom is -0.366 e. The largest absolute Gasteiger partial charge is 0.366 e. The number of amides is 1. The first-order valence-corrected chi connectivity index (χ1v) is 3.46. The Morgan fingerprint density at radius 1 is 1.70 bits per heavy atom. The third kappa shape index (κ3) is 0.993. The maximum atomic E-state index is 10.5. The fourth-order valence-electron chi connectivity index (χ4n) is 0.574. The summed E-state index contributed by atoms with van der Waals surface area (Å²) >= 11 is 1.30. The lowest BCUT2D eigenvalue weighted by atomic mass is 10.2. The molecule has 0 aliphatic rings. The highest BCUT2D eigenvalue weighted by molar-refractivity contribution is 7.08. The van der Waals surface area contributed by atoms with Crippen LogP contribution in [0.5, 0.6) is 0 Å². The predicted molar refractivity (Wildman–Crippen MR) is 37.6 cm³/mol. The Bertz CT molecular complexity index is 297. The summed E-state index contributed by atoms with van der Waals surface area (Å²) in [6, 6.07) is 1.87. The molecule has 1 aromatic rings. The van der Waals surface area contributed by atoms with Crippen LogP contribution in [0.1, 0.15) is 15.9 Å². The van der Waals surface area contributed by atoms with E-state index in [1.165, 1.54) is 11.3 Å². The van der Waals surface area contributed by atoms with Gasteiger partial charge in [-0.2, -0.15) is 16.6 Å². The van der Waals surface area contributed by atoms with Gasteiger partial charge in [-0.05, 0) is 0 Å². The van der Waals surface area contributed by atoms with Gasteiger partial charge >= 0.3 is 0 Å². The molecule has 0 fully saturated rings. The maximum Gasteiger partial charge on any atom is 0.250 e. The van der Waals surface area contributed by atoms with Crippen LogP contribution in [0.15, 0.2) is 10.8 Å². The van der Waals surface area contributed by atoms with E-state index in [9.17, 15) is 4.79 Å². The molecule has 1 amide bonds. The van der Waals surface area contributed by atoms with Gasteiger partial charge in [0, 0.05) is 10.8 Å². The smallest absolute Gasteiger partial charge is 0.250 e. The molecule has 4 heteroatoms. The molecule has 0 bridgehead atoms. The number of nitrogens with two attached hydrogens (primary N) is 1. The summed E-state index contributed by atoms with van der Waals surface area (Å²) in [5.74, 6) is -0.544. The molecule has 10 heavy (non-hydrogen) atoms. The van der Waals surface area contributed by atoms with Crippen LogP contribution in [0.3, 0.4) is 0 Å². The number of carbonyl (C=O) groups is 1. The number of hydrogen-bond acceptors (Lipinski definition) is 3. The average Bonchev–Trinajstić information content (AvgIpc) is 2.33. The van der Waals surface area contributed by atoms with Crippen molar-refractivity contribution in [2.45, 2.75) is 0 Å². The molecule has 3 nitrogen and oxygen atoms in total. The zero-order valence-corrected chi connectivity index (χ0v) is 5.81. The summed E-state index contributed by atoms with van der Waals surface area (Å²) in [6.07, 6.45) is 0. The van der Waals surface area contributed by atoms with Gasteiger partial charge in [0.25, 0.3) is 5.91 Å². The Kier molecular flexibility index (Phi) is 1.69. The molecule has 1 aromatic heterocycles. The number of rotatable bonds is 1. The summed E-state index contributed by atoms with van der Waals surface area (Å²) in [5, 5.41) is 11.6. The summed E-state index contributed by atoms with van der Waals surface area (Å²) in [6.45, 7) is 0. The molecule has 0 radical (unpaired) electrons. The Labute approximate surface area is 61.7 Å². The lowest BCUT2D eigenvalue weighted by molar-refractivity contribution is 0.100. The van der Waals surface area contributed by atoms with Gasteiger partial charge in [0.05, 0.1) is 11.1 Å². The third-order valence-corrected chi connectivity index (χ3v) is 1.79. The molecule has 0 atom stereocenters. The minimum atomic E-state index is -0.544. The van der Waals surface area contributed by atoms with Gasteiger partial charge in [-0.25, -0.2) is 0 Å². The Balaban J connectivity index is 3.17. The summed E-state index contributed by atoms with van der Waals surface area (Å²) < 4.78 is 0. The summed E-state index contributed by atoms with van der Waals surface area (Å²) in [7, 11) is 0. The molecular weight excluding hydrogens is 148 g/mol. The van der Waals surface area contributed by atoms with Crippen molar-refractivity contribution in [3.63, 3.8) is 0 Å². The monoisotopic (exact) mass is 152 g/mol. The van der Waals surface area contributed by atoms with Gasteiger partial charge in [0.15, 0.2) is 0 Å². The highest BCUT2D eigenvalue weighted by atomic mass is 32.1. The second-order valence-electron chi connectivity index (χ2n) is 1.68. The predicted octanol–water partition coefficient (Wildman–Crippen LogP) is 0.719. The van der Waals surface area contributed by atoms with Crippen LogP contribution in [0.4, 0.5) is 0 Å². The number of thiophene rings is 1. The summed E-state index contributed by atoms with van der Waals surface area (Å²) in [4.78, 5) is 10.5. The average molecular weight is 152 g/mol. The molecule has 2 N–H and O–H groups in total. The molecule has 0 saturated heterocycles. The number of primary amides is 1. The van der Waals surface area contributed by atoms with E-state index < -0.39 is 5.91 Å². The molecule has 0 aliphatic heterocycles. The molecule has 0 unspecified atom stereocenters. The molecular formula is C6H4N2OS. The van der Waals surface area contributed by atoms with Crippen molar-refractivity contribution in [1.82, 2.24) is 0 Å². The second kappa shape index (κ2) is 2.50. The van der Waals surface area contributed by atoms with Crippen molar-refractivity contribution in [2.75, 3.05) is 0 Å². The fourth-order valence-corrected chi connectivity index (χ4v) is 1.34. The lowest BCUT2D eigenvalue weighted by Gasteiger charge is -1.85. The van der Waals surface area contributed by atoms with E-state index in [-0.39, 0.29) is 0 Å². The number of nitriles is 1. The number of carbonyl (C=O) groups excluding carboxylic acids is 1. The van der Waals surface area contributed by atoms with E-state index in [0.29, 0.717) is 11.1 Å². The second-order valence-corrected chi connectivity index (χ2v) is 2.42. The molecule has 0 aliphatic carbocycles. The van der Waals surface area contributed by atoms with Gasteiger partial charge < -0.3 is 5.73 Å². The van der Waals surface area contributed by atoms with Crippen LogP contribution in [0, 0.1) is 11.3 Å². The van der Waals surface area contributed by atoms with Crippen molar-refractivity contribution < 1.29 is 4.79 Å². The van der Waals surface area contributed by atoms with Crippen LogP contribution in [0.25, 0.3) is 0 Å². The van der Waals surface area contributed by atoms with Gasteiger partial charge in [0.2, 0.25) is 0 Å². The zero-order chi connectivity index (χ0) is 7.56. The summed E-state index contributed by atoms with van der Waals surface area (Å²) in [5.41, 5.74) is 5.62. The van der Waals surface area contributed by atoms with Crippen molar-refractivity contribution >= 4 is 17.2 Å². The Morgan fingerprint density at radius 3 is 2.80 bits per heavy atom. The van der Waals surface area contributed by atoms with E-state index in [1.807, 2.05) is 6.07 Å². The SMILES string of the molecule is N#Cc1cscc1C(N)=O. The van der Waals surface area contributed by atoms with Crippen molar-refractivity contribution in [3.05, 3.63) is 21.9 Å². The molecule has 0 spiro atoms. The normalized spacial score (nSPS) is 8.70. The van der Waals surface area contributed by atoms with Gasteiger partial charge in [0.1, 0.15) is 6.07 Å². The Morgan fingerprint density at radius 2 is 2.40 bits per heavy atom. The van der Waals surface area contributed by atoms with Gasteiger partial charge in [-0.1, -0.05) is 0 Å². The highest BCUT2D eigenvalue weighted by Gasteiger charge is 2.06. The molecule has 50 valence electrons. The first-order valence-electron chi connectivity index (χ1n) is 2.52. The van der Waals surface area contributed by atoms with E-state index in [0.717, 1.165) is 0 Å². The highest BCUT2D eigenvalue weighted by Crippen LogP contribution is 2.12. The maximum absolute atomic E-state index is 10.5. The molecule has 0 aromatic carbocycles. The van der Waals surface area contributed by atoms with Gasteiger partial charge in [-0.3, -0.25) is 4.79 Å². The minimum absolute atomic E-state index is 0.313. The molecule has 1 heterocycles. The number of nitrogens with zero attached hydrogens (tertiary/aromatic N) is 1. The van der Waals surface area contributed by atoms with E-state index in [2.05, 4.69) is 0 Å². The van der Waals surface area contributed by atoms with Crippen LogP contribution in [-0.2, 0) is 0 Å². The van der Waals surface area contributed by atoms with Crippen LogP contribution >= 0.6 is 11.3 Å². The lowest BCUT2D eigenvalue weighted by Crippen LogP contribution is -2.10. The quantitative estimate of drug-likeness (QED) is 0.644. The van der Waals surface area contributed by atoms with Crippen LogP contribution < -0.4 is 5.73 Å². The fraction of sp³-hybridized carbons (Fsp3) is 0. The standard InChI is InChI=1S/C6H4N2OS/c7-1-4-2-10-3-5(4)6(8)9/h2-3H,(H2,8,9). The Hall–Kier alpha value is -1.34. The van der Waals surface area contributed by atoms with Crippen LogP contribution in [-0.4, -0.2) is 5.91 Å². The molecule has 1 rings (SSSR count). The van der Waals surface area contributed by atoms with Gasteiger partial charge in [-0.15, -0.1) is 0 Å². The first-order chi connectivity index (χ1) is 4.75. The molecule has 0 saturated carbocycles. The van der Waals surface area contributed by atoms with Crippen molar-refractivity contribution in [1.29, 1.82) is 5.26 Å². The van der Waals surface area contributed by atoms with E-state index in [4.69, 9.17) is 11.0 Å². The number of hydrogen-bond donors (Lipinski definition) is 1. The van der Waals surface area contributed by atoms with Crippen LogP contribution in [0.2, 0.25) is 0 Å². The van der Waals surface area contributed by atoms with Crippen molar-refractivity contribution in [2.24, 2.45) is 5.73 Å². The van der Waals surface area contributed by atoms with E-state index >= 15 is 0 Å². The first kappa shape index (κ1) is 6.78. The van der Waals surface area contributed by atoms with Crippen molar-refractivity contribution in [3.8, 4) is 6.07 Å². The third-order valence-electron chi connectivity index (χ3n) is 1.05. The van der Waals surface area contributed by atoms with E-state index in [1.54, 1.807) is 10.8 Å².